The molecule has 0 aliphatic heterocycles. The predicted molar refractivity (Wildman–Crippen MR) is 93.7 cm³/mol. The molecule has 0 saturated carbocycles. The first kappa shape index (κ1) is 17.0. The molecular weight excluding hydrogens is 357 g/mol. The molecule has 0 radical (unpaired) electrons. The number of aromatic nitrogens is 3. The molecule has 5 nitrogen and oxygen atoms in total. The van der Waals surface area contributed by atoms with Crippen LogP contribution in [-0.2, 0) is 12.6 Å². The lowest BCUT2D eigenvalue weighted by atomic mass is 10.1. The molecule has 0 aliphatic carbocycles. The number of para-hydroxylation sites is 1. The van der Waals surface area contributed by atoms with Crippen molar-refractivity contribution in [1.29, 1.82) is 0 Å². The Morgan fingerprint density at radius 1 is 0.963 bits per heavy atom. The Bertz CT molecular complexity index is 1100. The second-order valence-corrected chi connectivity index (χ2v) is 6.00. The molecule has 0 saturated heterocycles. The Labute approximate surface area is 151 Å². The summed E-state index contributed by atoms with van der Waals surface area (Å²) in [5.74, 6) is 0.549. The van der Waals surface area contributed by atoms with E-state index >= 15 is 0 Å². The number of benzene rings is 2. The van der Waals surface area contributed by atoms with Crippen LogP contribution < -0.4 is 5.73 Å². The quantitative estimate of drug-likeness (QED) is 0.575. The van der Waals surface area contributed by atoms with E-state index in [1.165, 1.54) is 12.1 Å². The average Bonchev–Trinajstić information content (AvgIpc) is 3.10. The number of pyridine rings is 1. The molecule has 4 rings (SSSR count). The van der Waals surface area contributed by atoms with Crippen molar-refractivity contribution in [2.45, 2.75) is 12.6 Å². The third-order valence-corrected chi connectivity index (χ3v) is 4.08. The highest BCUT2D eigenvalue weighted by molar-refractivity contribution is 5.92. The van der Waals surface area contributed by atoms with Crippen LogP contribution in [0.25, 0.3) is 22.4 Å². The number of anilines is 1. The van der Waals surface area contributed by atoms with Crippen LogP contribution in [0.15, 0.2) is 59.1 Å². The predicted octanol–water partition coefficient (Wildman–Crippen LogP) is 4.48. The SMILES string of the molecule is Nc1cc(-c2noc(Cc3ccc(C(F)(F)F)cc3)n2)nc2ccccc12. The third-order valence-electron chi connectivity index (χ3n) is 4.08. The van der Waals surface area contributed by atoms with Gasteiger partial charge in [0.2, 0.25) is 11.7 Å². The van der Waals surface area contributed by atoms with Gasteiger partial charge in [-0.05, 0) is 29.8 Å². The van der Waals surface area contributed by atoms with Crippen molar-refractivity contribution in [3.63, 3.8) is 0 Å². The van der Waals surface area contributed by atoms with Gasteiger partial charge in [0.05, 0.1) is 17.5 Å². The van der Waals surface area contributed by atoms with Gasteiger partial charge in [0, 0.05) is 11.1 Å². The lowest BCUT2D eigenvalue weighted by molar-refractivity contribution is -0.137. The minimum atomic E-state index is -4.36. The molecule has 0 spiro atoms. The van der Waals surface area contributed by atoms with Gasteiger partial charge in [-0.25, -0.2) is 4.98 Å². The number of hydrogen-bond acceptors (Lipinski definition) is 5. The van der Waals surface area contributed by atoms with E-state index in [0.717, 1.165) is 17.5 Å². The average molecular weight is 370 g/mol. The number of nitrogens with zero attached hydrogens (tertiary/aromatic N) is 3. The first-order chi connectivity index (χ1) is 12.9. The summed E-state index contributed by atoms with van der Waals surface area (Å²) in [7, 11) is 0. The van der Waals surface area contributed by atoms with Crippen molar-refractivity contribution in [2.75, 3.05) is 5.73 Å². The van der Waals surface area contributed by atoms with Crippen LogP contribution in [0.2, 0.25) is 0 Å². The van der Waals surface area contributed by atoms with Gasteiger partial charge in [0.1, 0.15) is 5.69 Å². The van der Waals surface area contributed by atoms with Crippen LogP contribution >= 0.6 is 0 Å². The van der Waals surface area contributed by atoms with Crippen molar-refractivity contribution < 1.29 is 17.7 Å². The highest BCUT2D eigenvalue weighted by Gasteiger charge is 2.30. The number of alkyl halides is 3. The zero-order valence-electron chi connectivity index (χ0n) is 13.9. The summed E-state index contributed by atoms with van der Waals surface area (Å²) in [6.45, 7) is 0. The summed E-state index contributed by atoms with van der Waals surface area (Å²) in [5, 5.41) is 4.73. The van der Waals surface area contributed by atoms with E-state index in [9.17, 15) is 13.2 Å². The first-order valence-corrected chi connectivity index (χ1v) is 8.04. The molecule has 2 aromatic carbocycles. The summed E-state index contributed by atoms with van der Waals surface area (Å²) in [6.07, 6.45) is -4.15. The van der Waals surface area contributed by atoms with Crippen molar-refractivity contribution in [2.24, 2.45) is 0 Å². The number of nitrogens with two attached hydrogens (primary N) is 1. The zero-order valence-corrected chi connectivity index (χ0v) is 13.9. The summed E-state index contributed by atoms with van der Waals surface area (Å²) in [4.78, 5) is 8.75. The second kappa shape index (κ2) is 6.39. The molecule has 2 aromatic heterocycles. The number of rotatable bonds is 3. The van der Waals surface area contributed by atoms with Gasteiger partial charge in [-0.15, -0.1) is 0 Å². The topological polar surface area (TPSA) is 77.8 Å². The Morgan fingerprint density at radius 2 is 1.70 bits per heavy atom. The van der Waals surface area contributed by atoms with E-state index in [1.807, 2.05) is 24.3 Å². The van der Waals surface area contributed by atoms with E-state index in [1.54, 1.807) is 6.07 Å². The van der Waals surface area contributed by atoms with Crippen molar-refractivity contribution in [1.82, 2.24) is 15.1 Å². The van der Waals surface area contributed by atoms with Gasteiger partial charge in [-0.2, -0.15) is 18.2 Å². The molecule has 0 fully saturated rings. The number of halogens is 3. The minimum absolute atomic E-state index is 0.216. The van der Waals surface area contributed by atoms with Crippen LogP contribution in [0.5, 0.6) is 0 Å². The van der Waals surface area contributed by atoms with Gasteiger partial charge in [-0.1, -0.05) is 35.5 Å². The summed E-state index contributed by atoms with van der Waals surface area (Å²) < 4.78 is 43.1. The van der Waals surface area contributed by atoms with Crippen LogP contribution in [0, 0.1) is 0 Å². The second-order valence-electron chi connectivity index (χ2n) is 6.00. The maximum atomic E-state index is 12.6. The highest BCUT2D eigenvalue weighted by atomic mass is 19.4. The molecule has 0 bridgehead atoms. The van der Waals surface area contributed by atoms with Gasteiger partial charge in [0.15, 0.2) is 0 Å². The number of fused-ring (bicyclic) bond motifs is 1. The van der Waals surface area contributed by atoms with Crippen molar-refractivity contribution in [3.8, 4) is 11.5 Å². The molecule has 0 unspecified atom stereocenters. The largest absolute Gasteiger partial charge is 0.416 e. The third kappa shape index (κ3) is 3.46. The summed E-state index contributed by atoms with van der Waals surface area (Å²) >= 11 is 0. The fourth-order valence-electron chi connectivity index (χ4n) is 2.73. The molecule has 2 N–H and O–H groups in total. The van der Waals surface area contributed by atoms with Crippen molar-refractivity contribution in [3.05, 3.63) is 71.6 Å². The molecule has 0 atom stereocenters. The minimum Gasteiger partial charge on any atom is -0.398 e. The van der Waals surface area contributed by atoms with Gasteiger partial charge in [-0.3, -0.25) is 0 Å². The fraction of sp³-hybridized carbons (Fsp3) is 0.105. The van der Waals surface area contributed by atoms with Crippen LogP contribution in [-0.4, -0.2) is 15.1 Å². The van der Waals surface area contributed by atoms with Crippen LogP contribution in [0.4, 0.5) is 18.9 Å². The molecule has 8 heteroatoms. The summed E-state index contributed by atoms with van der Waals surface area (Å²) in [5.41, 5.74) is 7.71. The van der Waals surface area contributed by atoms with Crippen LogP contribution in [0.1, 0.15) is 17.0 Å². The Balaban J connectivity index is 1.59. The molecule has 136 valence electrons. The fourth-order valence-corrected chi connectivity index (χ4v) is 2.73. The van der Waals surface area contributed by atoms with E-state index in [2.05, 4.69) is 15.1 Å². The maximum absolute atomic E-state index is 12.6. The molecule has 2 heterocycles. The van der Waals surface area contributed by atoms with E-state index in [4.69, 9.17) is 10.3 Å². The van der Waals surface area contributed by atoms with Gasteiger partial charge < -0.3 is 10.3 Å². The van der Waals surface area contributed by atoms with Crippen molar-refractivity contribution >= 4 is 16.6 Å². The van der Waals surface area contributed by atoms with E-state index in [0.29, 0.717) is 22.5 Å². The molecule has 4 aromatic rings. The maximum Gasteiger partial charge on any atom is 0.416 e. The highest BCUT2D eigenvalue weighted by Crippen LogP contribution is 2.29. The molecule has 0 aliphatic rings. The van der Waals surface area contributed by atoms with E-state index < -0.39 is 11.7 Å². The Kier molecular flexibility index (Phi) is 4.02. The zero-order chi connectivity index (χ0) is 19.0. The number of nitrogen functional groups attached to an aromatic ring is 1. The van der Waals surface area contributed by atoms with Crippen LogP contribution in [0.3, 0.4) is 0 Å². The van der Waals surface area contributed by atoms with Gasteiger partial charge >= 0.3 is 6.18 Å². The Hall–Kier alpha value is -3.42. The normalized spacial score (nSPS) is 11.8. The summed E-state index contributed by atoms with van der Waals surface area (Å²) in [6, 6.07) is 13.9. The lowest BCUT2D eigenvalue weighted by Gasteiger charge is -2.06. The smallest absolute Gasteiger partial charge is 0.398 e. The molecule has 0 amide bonds. The Morgan fingerprint density at radius 3 is 2.44 bits per heavy atom. The standard InChI is InChI=1S/C19H13F3N4O/c20-19(21,22)12-7-5-11(6-8-12)9-17-25-18(26-27-17)16-10-14(23)13-3-1-2-4-15(13)24-16/h1-8,10H,9H2,(H2,23,24). The van der Waals surface area contributed by atoms with E-state index in [-0.39, 0.29) is 18.1 Å². The monoisotopic (exact) mass is 370 g/mol. The number of hydrogen-bond donors (Lipinski definition) is 1. The lowest BCUT2D eigenvalue weighted by Crippen LogP contribution is -2.04. The first-order valence-electron chi connectivity index (χ1n) is 8.04. The van der Waals surface area contributed by atoms with Gasteiger partial charge in [0.25, 0.3) is 0 Å². The molecular formula is C19H13F3N4O. The molecule has 27 heavy (non-hydrogen) atoms.